The van der Waals surface area contributed by atoms with Crippen molar-refractivity contribution in [3.63, 3.8) is 0 Å². The van der Waals surface area contributed by atoms with Crippen molar-refractivity contribution in [2.24, 2.45) is 5.92 Å². The highest BCUT2D eigenvalue weighted by atomic mass is 32.2. The molecule has 114 valence electrons. The summed E-state index contributed by atoms with van der Waals surface area (Å²) < 4.78 is 0.795. The van der Waals surface area contributed by atoms with Gasteiger partial charge in [0.25, 0.3) is 0 Å². The van der Waals surface area contributed by atoms with E-state index in [-0.39, 0.29) is 24.2 Å². The van der Waals surface area contributed by atoms with E-state index in [9.17, 15) is 9.59 Å². The molecule has 0 radical (unpaired) electrons. The van der Waals surface area contributed by atoms with E-state index in [2.05, 4.69) is 15.5 Å². The molecule has 1 aliphatic rings. The van der Waals surface area contributed by atoms with Gasteiger partial charge in [0.05, 0.1) is 5.92 Å². The van der Waals surface area contributed by atoms with Crippen LogP contribution in [0.25, 0.3) is 0 Å². The largest absolute Gasteiger partial charge is 0.312 e. The van der Waals surface area contributed by atoms with Crippen LogP contribution in [-0.2, 0) is 9.59 Å². The summed E-state index contributed by atoms with van der Waals surface area (Å²) in [6.07, 6.45) is 2.12. The number of amides is 2. The van der Waals surface area contributed by atoms with E-state index in [4.69, 9.17) is 0 Å². The summed E-state index contributed by atoms with van der Waals surface area (Å²) in [6.45, 7) is 0.392. The molecule has 1 aliphatic heterocycles. The molecule has 0 saturated carbocycles. The van der Waals surface area contributed by atoms with E-state index in [0.717, 1.165) is 10.0 Å². The van der Waals surface area contributed by atoms with Crippen LogP contribution in [0.15, 0.2) is 34.7 Å². The standard InChI is InChI=1S/C14H14N4O2S2/c1-21-14-17-16-13(22-14)15-12(20)9-7-11(19)18(8-9)10-5-3-2-4-6-10/h2-6,9H,7-8H2,1H3,(H,15,16,20)/t9-/m0/s1. The highest BCUT2D eigenvalue weighted by Crippen LogP contribution is 2.27. The molecular weight excluding hydrogens is 320 g/mol. The van der Waals surface area contributed by atoms with Gasteiger partial charge in [-0.25, -0.2) is 0 Å². The normalized spacial score (nSPS) is 17.8. The Kier molecular flexibility index (Phi) is 4.39. The van der Waals surface area contributed by atoms with Gasteiger partial charge in [0.1, 0.15) is 0 Å². The number of carbonyl (C=O) groups is 2. The van der Waals surface area contributed by atoms with Gasteiger partial charge < -0.3 is 10.2 Å². The summed E-state index contributed by atoms with van der Waals surface area (Å²) in [5, 5.41) is 11.1. The summed E-state index contributed by atoms with van der Waals surface area (Å²) >= 11 is 2.81. The Balaban J connectivity index is 1.66. The van der Waals surface area contributed by atoms with E-state index in [1.165, 1.54) is 23.1 Å². The van der Waals surface area contributed by atoms with Gasteiger partial charge in [-0.05, 0) is 18.4 Å². The SMILES string of the molecule is CSc1nnc(NC(=O)[C@H]2CC(=O)N(c3ccccc3)C2)s1. The van der Waals surface area contributed by atoms with Crippen molar-refractivity contribution < 1.29 is 9.59 Å². The summed E-state index contributed by atoms with van der Waals surface area (Å²) in [5.41, 5.74) is 0.823. The van der Waals surface area contributed by atoms with Crippen LogP contribution < -0.4 is 10.2 Å². The molecule has 1 aromatic heterocycles. The fourth-order valence-corrected chi connectivity index (χ4v) is 3.46. The molecule has 2 aromatic rings. The van der Waals surface area contributed by atoms with Gasteiger partial charge in [0.15, 0.2) is 4.34 Å². The van der Waals surface area contributed by atoms with E-state index in [1.807, 2.05) is 36.6 Å². The lowest BCUT2D eigenvalue weighted by molar-refractivity contribution is -0.122. The Morgan fingerprint density at radius 2 is 2.14 bits per heavy atom. The molecular formula is C14H14N4O2S2. The number of nitrogens with one attached hydrogen (secondary N) is 1. The molecule has 1 aromatic carbocycles. The van der Waals surface area contributed by atoms with Crippen molar-refractivity contribution in [1.82, 2.24) is 10.2 Å². The molecule has 0 aliphatic carbocycles. The zero-order chi connectivity index (χ0) is 15.5. The van der Waals surface area contributed by atoms with E-state index >= 15 is 0 Å². The monoisotopic (exact) mass is 334 g/mol. The molecule has 22 heavy (non-hydrogen) atoms. The predicted molar refractivity (Wildman–Crippen MR) is 87.2 cm³/mol. The van der Waals surface area contributed by atoms with Crippen LogP contribution in [0.4, 0.5) is 10.8 Å². The maximum absolute atomic E-state index is 12.3. The number of carbonyl (C=O) groups excluding carboxylic acids is 2. The zero-order valence-corrected chi connectivity index (χ0v) is 13.5. The minimum absolute atomic E-state index is 0.0339. The van der Waals surface area contributed by atoms with Crippen LogP contribution in [0.2, 0.25) is 0 Å². The number of thioether (sulfide) groups is 1. The van der Waals surface area contributed by atoms with Crippen LogP contribution in [0.5, 0.6) is 0 Å². The molecule has 0 spiro atoms. The van der Waals surface area contributed by atoms with Gasteiger partial charge in [0, 0.05) is 18.7 Å². The molecule has 8 heteroatoms. The number of hydrogen-bond acceptors (Lipinski definition) is 6. The predicted octanol–water partition coefficient (Wildman–Crippen LogP) is 2.25. The Morgan fingerprint density at radius 1 is 1.36 bits per heavy atom. The molecule has 6 nitrogen and oxygen atoms in total. The second-order valence-corrected chi connectivity index (χ2v) is 6.84. The highest BCUT2D eigenvalue weighted by molar-refractivity contribution is 8.00. The number of anilines is 2. The first kappa shape index (κ1) is 15.0. The lowest BCUT2D eigenvalue weighted by atomic mass is 10.1. The molecule has 1 atom stereocenters. The Bertz CT molecular complexity index is 689. The lowest BCUT2D eigenvalue weighted by Crippen LogP contribution is -2.28. The summed E-state index contributed by atoms with van der Waals surface area (Å²) in [7, 11) is 0. The quantitative estimate of drug-likeness (QED) is 0.685. The second kappa shape index (κ2) is 6.45. The molecule has 1 N–H and O–H groups in total. The Labute approximate surface area is 135 Å². The van der Waals surface area contributed by atoms with Crippen molar-refractivity contribution in [2.45, 2.75) is 10.8 Å². The Morgan fingerprint density at radius 3 is 2.82 bits per heavy atom. The van der Waals surface area contributed by atoms with Crippen molar-refractivity contribution in [3.8, 4) is 0 Å². The maximum Gasteiger partial charge on any atom is 0.231 e. The molecule has 2 amide bonds. The fraction of sp³-hybridized carbons (Fsp3) is 0.286. The third kappa shape index (κ3) is 3.12. The molecule has 3 rings (SSSR count). The average Bonchev–Trinajstić information content (AvgIpc) is 3.14. The number of rotatable bonds is 4. The van der Waals surface area contributed by atoms with Gasteiger partial charge in [0.2, 0.25) is 16.9 Å². The van der Waals surface area contributed by atoms with E-state index in [1.54, 1.807) is 4.90 Å². The number of aromatic nitrogens is 2. The molecule has 2 heterocycles. The van der Waals surface area contributed by atoms with Crippen LogP contribution in [0.3, 0.4) is 0 Å². The maximum atomic E-state index is 12.3. The first-order valence-corrected chi connectivity index (χ1v) is 8.75. The van der Waals surface area contributed by atoms with Crippen molar-refractivity contribution in [2.75, 3.05) is 23.0 Å². The molecule has 1 saturated heterocycles. The van der Waals surface area contributed by atoms with Gasteiger partial charge in [-0.15, -0.1) is 10.2 Å². The summed E-state index contributed by atoms with van der Waals surface area (Å²) in [6, 6.07) is 9.39. The smallest absolute Gasteiger partial charge is 0.231 e. The Hall–Kier alpha value is -1.93. The minimum Gasteiger partial charge on any atom is -0.312 e. The summed E-state index contributed by atoms with van der Waals surface area (Å²) in [4.78, 5) is 26.0. The second-order valence-electron chi connectivity index (χ2n) is 4.81. The van der Waals surface area contributed by atoms with Crippen LogP contribution in [0.1, 0.15) is 6.42 Å². The third-order valence-electron chi connectivity index (χ3n) is 3.37. The van der Waals surface area contributed by atoms with Gasteiger partial charge in [-0.2, -0.15) is 0 Å². The molecule has 0 unspecified atom stereocenters. The van der Waals surface area contributed by atoms with Crippen molar-refractivity contribution in [3.05, 3.63) is 30.3 Å². The first-order chi connectivity index (χ1) is 10.7. The first-order valence-electron chi connectivity index (χ1n) is 6.71. The van der Waals surface area contributed by atoms with Crippen LogP contribution in [-0.4, -0.2) is 34.8 Å². The average molecular weight is 334 g/mol. The fourth-order valence-electron chi connectivity index (χ4n) is 2.29. The topological polar surface area (TPSA) is 75.2 Å². The van der Waals surface area contributed by atoms with Crippen LogP contribution in [0, 0.1) is 5.92 Å². The number of benzene rings is 1. The van der Waals surface area contributed by atoms with E-state index in [0.29, 0.717) is 11.7 Å². The minimum atomic E-state index is -0.366. The van der Waals surface area contributed by atoms with Gasteiger partial charge in [-0.1, -0.05) is 41.3 Å². The number of para-hydroxylation sites is 1. The lowest BCUT2D eigenvalue weighted by Gasteiger charge is -2.16. The molecule has 0 bridgehead atoms. The van der Waals surface area contributed by atoms with Crippen molar-refractivity contribution in [1.29, 1.82) is 0 Å². The number of hydrogen-bond donors (Lipinski definition) is 1. The van der Waals surface area contributed by atoms with E-state index < -0.39 is 0 Å². The third-order valence-corrected chi connectivity index (χ3v) is 5.19. The summed E-state index contributed by atoms with van der Waals surface area (Å²) in [5.74, 6) is -0.585. The van der Waals surface area contributed by atoms with Crippen LogP contribution >= 0.6 is 23.1 Å². The van der Waals surface area contributed by atoms with Crippen molar-refractivity contribution >= 4 is 45.7 Å². The number of nitrogens with zero attached hydrogens (tertiary/aromatic N) is 3. The van der Waals surface area contributed by atoms with Gasteiger partial charge >= 0.3 is 0 Å². The zero-order valence-electron chi connectivity index (χ0n) is 11.9. The van der Waals surface area contributed by atoms with Gasteiger partial charge in [-0.3, -0.25) is 9.59 Å². The highest BCUT2D eigenvalue weighted by Gasteiger charge is 2.35. The molecule has 1 fully saturated rings.